The zero-order valence-corrected chi connectivity index (χ0v) is 11.7. The van der Waals surface area contributed by atoms with Crippen molar-refractivity contribution < 1.29 is 14.7 Å². The van der Waals surface area contributed by atoms with Gasteiger partial charge in [-0.1, -0.05) is 12.1 Å². The van der Waals surface area contributed by atoms with Crippen molar-refractivity contribution in [1.82, 2.24) is 5.32 Å². The fraction of sp³-hybridized carbons (Fsp3) is 0.467. The molecule has 0 spiro atoms. The third-order valence-corrected chi connectivity index (χ3v) is 3.43. The van der Waals surface area contributed by atoms with E-state index in [1.54, 1.807) is 0 Å². The highest BCUT2D eigenvalue weighted by Gasteiger charge is 2.13. The summed E-state index contributed by atoms with van der Waals surface area (Å²) in [5.74, 6) is -0.838. The molecule has 1 amide bonds. The lowest BCUT2D eigenvalue weighted by Crippen LogP contribution is -2.30. The highest BCUT2D eigenvalue weighted by Crippen LogP contribution is 2.18. The van der Waals surface area contributed by atoms with Crippen LogP contribution in [0.25, 0.3) is 0 Å². The summed E-state index contributed by atoms with van der Waals surface area (Å²) in [4.78, 5) is 21.2. The first-order chi connectivity index (χ1) is 8.93. The fourth-order valence-electron chi connectivity index (χ4n) is 2.14. The lowest BCUT2D eigenvalue weighted by molar-refractivity contribution is -0.137. The Morgan fingerprint density at radius 1 is 1.26 bits per heavy atom. The molecule has 0 aliphatic heterocycles. The molecule has 0 heterocycles. The van der Waals surface area contributed by atoms with Crippen LogP contribution in [-0.4, -0.2) is 23.5 Å². The number of aryl methyl sites for hydroxylation is 3. The molecular formula is C15H21NO3. The van der Waals surface area contributed by atoms with Crippen molar-refractivity contribution in [2.75, 3.05) is 0 Å². The normalized spacial score (nSPS) is 11.9. The molecule has 1 atom stereocenters. The summed E-state index contributed by atoms with van der Waals surface area (Å²) in [5.41, 5.74) is 4.79. The van der Waals surface area contributed by atoms with Crippen molar-refractivity contribution in [3.63, 3.8) is 0 Å². The first kappa shape index (κ1) is 15.2. The van der Waals surface area contributed by atoms with E-state index in [0.29, 0.717) is 19.3 Å². The molecule has 1 rings (SSSR count). The van der Waals surface area contributed by atoms with E-state index < -0.39 is 5.97 Å². The Morgan fingerprint density at radius 2 is 1.89 bits per heavy atom. The number of rotatable bonds is 7. The van der Waals surface area contributed by atoms with E-state index in [9.17, 15) is 9.59 Å². The second-order valence-corrected chi connectivity index (χ2v) is 4.98. The van der Waals surface area contributed by atoms with E-state index >= 15 is 0 Å². The van der Waals surface area contributed by atoms with Crippen molar-refractivity contribution in [1.29, 1.82) is 0 Å². The molecule has 104 valence electrons. The molecule has 0 aliphatic rings. The van der Waals surface area contributed by atoms with Crippen LogP contribution in [0.1, 0.15) is 35.1 Å². The van der Waals surface area contributed by atoms with Gasteiger partial charge in [-0.3, -0.25) is 9.59 Å². The summed E-state index contributed by atoms with van der Waals surface area (Å²) in [6, 6.07) is 4.11. The lowest BCUT2D eigenvalue weighted by Gasteiger charge is -2.17. The zero-order valence-electron chi connectivity index (χ0n) is 11.7. The number of carbonyl (C=O) groups is 2. The maximum Gasteiger partial charge on any atom is 0.303 e. The van der Waals surface area contributed by atoms with Gasteiger partial charge in [0.05, 0.1) is 0 Å². The van der Waals surface area contributed by atoms with Crippen molar-refractivity contribution in [2.45, 2.75) is 46.1 Å². The van der Waals surface area contributed by atoms with E-state index in [0.717, 1.165) is 5.56 Å². The number of amides is 1. The minimum absolute atomic E-state index is 0.0649. The molecule has 0 bridgehead atoms. The number of benzene rings is 1. The molecule has 1 aromatic carbocycles. The van der Waals surface area contributed by atoms with Gasteiger partial charge in [0.25, 0.3) is 0 Å². The number of carboxylic acid groups (broad SMARTS) is 1. The Morgan fingerprint density at radius 3 is 2.47 bits per heavy atom. The van der Waals surface area contributed by atoms with Gasteiger partial charge in [-0.25, -0.2) is 0 Å². The molecule has 0 saturated carbocycles. The SMILES string of the molecule is Cc1cc(C)c(CC(CCC(=O)O)NC=O)cc1C. The van der Waals surface area contributed by atoms with E-state index in [-0.39, 0.29) is 12.5 Å². The molecule has 0 aromatic heterocycles. The lowest BCUT2D eigenvalue weighted by atomic mass is 9.94. The first-order valence-electron chi connectivity index (χ1n) is 6.42. The Hall–Kier alpha value is -1.84. The monoisotopic (exact) mass is 263 g/mol. The summed E-state index contributed by atoms with van der Waals surface area (Å²) in [6.45, 7) is 6.16. The number of nitrogens with one attached hydrogen (secondary N) is 1. The Labute approximate surface area is 113 Å². The van der Waals surface area contributed by atoms with Gasteiger partial charge in [-0.2, -0.15) is 0 Å². The minimum atomic E-state index is -0.838. The largest absolute Gasteiger partial charge is 0.481 e. The summed E-state index contributed by atoms with van der Waals surface area (Å²) >= 11 is 0. The van der Waals surface area contributed by atoms with Crippen LogP contribution in [0.4, 0.5) is 0 Å². The van der Waals surface area contributed by atoms with Crippen LogP contribution in [0, 0.1) is 20.8 Å². The molecular weight excluding hydrogens is 242 g/mol. The Kier molecular flexibility index (Phi) is 5.55. The third-order valence-electron chi connectivity index (χ3n) is 3.43. The van der Waals surface area contributed by atoms with Gasteiger partial charge in [-0.15, -0.1) is 0 Å². The van der Waals surface area contributed by atoms with Crippen molar-refractivity contribution in [2.24, 2.45) is 0 Å². The van der Waals surface area contributed by atoms with E-state index in [1.807, 2.05) is 6.92 Å². The maximum absolute atomic E-state index is 10.6. The van der Waals surface area contributed by atoms with E-state index in [4.69, 9.17) is 5.11 Å². The predicted octanol–water partition coefficient (Wildman–Crippen LogP) is 2.13. The summed E-state index contributed by atoms with van der Waals surface area (Å²) < 4.78 is 0. The molecule has 1 unspecified atom stereocenters. The van der Waals surface area contributed by atoms with Crippen LogP contribution >= 0.6 is 0 Å². The van der Waals surface area contributed by atoms with E-state index in [2.05, 4.69) is 31.3 Å². The molecule has 4 nitrogen and oxygen atoms in total. The Balaban J connectivity index is 2.80. The van der Waals surface area contributed by atoms with Gasteiger partial charge in [0, 0.05) is 12.5 Å². The second-order valence-electron chi connectivity index (χ2n) is 4.98. The molecule has 0 radical (unpaired) electrons. The Bertz CT molecular complexity index is 469. The van der Waals surface area contributed by atoms with Crippen molar-refractivity contribution >= 4 is 12.4 Å². The molecule has 0 aliphatic carbocycles. The van der Waals surface area contributed by atoms with E-state index in [1.165, 1.54) is 16.7 Å². The van der Waals surface area contributed by atoms with Crippen LogP contribution in [0.2, 0.25) is 0 Å². The second kappa shape index (κ2) is 6.92. The molecule has 4 heteroatoms. The van der Waals surface area contributed by atoms with Gasteiger partial charge >= 0.3 is 5.97 Å². The number of aliphatic carboxylic acids is 1. The van der Waals surface area contributed by atoms with Crippen LogP contribution in [0.3, 0.4) is 0 Å². The highest BCUT2D eigenvalue weighted by molar-refractivity contribution is 5.66. The predicted molar refractivity (Wildman–Crippen MR) is 74.2 cm³/mol. The van der Waals surface area contributed by atoms with Crippen molar-refractivity contribution in [3.8, 4) is 0 Å². The minimum Gasteiger partial charge on any atom is -0.481 e. The molecule has 19 heavy (non-hydrogen) atoms. The number of hydrogen-bond acceptors (Lipinski definition) is 2. The van der Waals surface area contributed by atoms with Crippen LogP contribution < -0.4 is 5.32 Å². The zero-order chi connectivity index (χ0) is 14.4. The van der Waals surface area contributed by atoms with Crippen molar-refractivity contribution in [3.05, 3.63) is 34.4 Å². The highest BCUT2D eigenvalue weighted by atomic mass is 16.4. The van der Waals surface area contributed by atoms with Gasteiger partial charge in [0.2, 0.25) is 6.41 Å². The number of carboxylic acids is 1. The number of carbonyl (C=O) groups excluding carboxylic acids is 1. The molecule has 1 aromatic rings. The van der Waals surface area contributed by atoms with Gasteiger partial charge in [-0.05, 0) is 55.9 Å². The molecule has 0 fully saturated rings. The topological polar surface area (TPSA) is 66.4 Å². The van der Waals surface area contributed by atoms with Crippen LogP contribution in [-0.2, 0) is 16.0 Å². The summed E-state index contributed by atoms with van der Waals surface area (Å²) in [6.07, 6.45) is 1.82. The average Bonchev–Trinajstić information content (AvgIpc) is 2.33. The van der Waals surface area contributed by atoms with Crippen LogP contribution in [0.5, 0.6) is 0 Å². The fourth-order valence-corrected chi connectivity index (χ4v) is 2.14. The summed E-state index contributed by atoms with van der Waals surface area (Å²) in [7, 11) is 0. The standard InChI is InChI=1S/C15H21NO3/c1-10-6-12(3)13(7-11(10)2)8-14(16-9-17)4-5-15(18)19/h6-7,9,14H,4-5,8H2,1-3H3,(H,16,17)(H,18,19). The first-order valence-corrected chi connectivity index (χ1v) is 6.42. The number of hydrogen-bond donors (Lipinski definition) is 2. The van der Waals surface area contributed by atoms with Gasteiger partial charge < -0.3 is 10.4 Å². The molecule has 0 saturated heterocycles. The van der Waals surface area contributed by atoms with Crippen LogP contribution in [0.15, 0.2) is 12.1 Å². The molecule has 2 N–H and O–H groups in total. The van der Waals surface area contributed by atoms with Gasteiger partial charge in [0.15, 0.2) is 0 Å². The van der Waals surface area contributed by atoms with Gasteiger partial charge in [0.1, 0.15) is 0 Å². The quantitative estimate of drug-likeness (QED) is 0.741. The average molecular weight is 263 g/mol. The summed E-state index contributed by atoms with van der Waals surface area (Å²) in [5, 5.41) is 11.4. The smallest absolute Gasteiger partial charge is 0.303 e. The maximum atomic E-state index is 10.6. The third kappa shape index (κ3) is 4.73.